The number of fused-ring (bicyclic) bond motifs is 1. The molecular formula is C14H17N5S. The van der Waals surface area contributed by atoms with E-state index in [1.807, 2.05) is 18.6 Å². The van der Waals surface area contributed by atoms with Gasteiger partial charge in [-0.3, -0.25) is 0 Å². The van der Waals surface area contributed by atoms with Gasteiger partial charge in [-0.05, 0) is 23.5 Å². The van der Waals surface area contributed by atoms with Gasteiger partial charge >= 0.3 is 0 Å². The number of nitrogens with zero attached hydrogens (tertiary/aromatic N) is 5. The Morgan fingerprint density at radius 3 is 2.80 bits per heavy atom. The molecule has 0 spiro atoms. The maximum atomic E-state index is 4.65. The highest BCUT2D eigenvalue weighted by Gasteiger charge is 2.15. The fourth-order valence-electron chi connectivity index (χ4n) is 2.18. The van der Waals surface area contributed by atoms with Crippen LogP contribution in [0, 0.1) is 0 Å². The second kappa shape index (κ2) is 5.28. The molecule has 0 amide bonds. The van der Waals surface area contributed by atoms with Crippen molar-refractivity contribution in [3.63, 3.8) is 0 Å². The lowest BCUT2D eigenvalue weighted by molar-refractivity contribution is 0.788. The molecule has 5 nitrogen and oxygen atoms in total. The predicted octanol–water partition coefficient (Wildman–Crippen LogP) is 3.02. The van der Waals surface area contributed by atoms with E-state index < -0.39 is 0 Å². The van der Waals surface area contributed by atoms with Crippen molar-refractivity contribution < 1.29 is 0 Å². The monoisotopic (exact) mass is 287 g/mol. The lowest BCUT2D eigenvalue weighted by Crippen LogP contribution is -2.04. The molecule has 0 fully saturated rings. The fourth-order valence-corrected chi connectivity index (χ4v) is 2.76. The molecule has 0 aliphatic rings. The molecule has 0 radical (unpaired) electrons. The Bertz CT molecular complexity index is 715. The Morgan fingerprint density at radius 1 is 1.30 bits per heavy atom. The van der Waals surface area contributed by atoms with Crippen molar-refractivity contribution >= 4 is 22.7 Å². The third-order valence-electron chi connectivity index (χ3n) is 3.22. The Labute approximate surface area is 121 Å². The van der Waals surface area contributed by atoms with E-state index >= 15 is 0 Å². The van der Waals surface area contributed by atoms with Crippen LogP contribution in [0.3, 0.4) is 0 Å². The molecule has 0 atom stereocenters. The van der Waals surface area contributed by atoms with Crippen LogP contribution in [0.15, 0.2) is 18.6 Å². The molecule has 0 N–H and O–H groups in total. The molecule has 3 aromatic rings. The maximum Gasteiger partial charge on any atom is 0.164 e. The third-order valence-corrected chi connectivity index (χ3v) is 3.94. The van der Waals surface area contributed by atoms with E-state index in [0.717, 1.165) is 35.6 Å². The summed E-state index contributed by atoms with van der Waals surface area (Å²) < 4.78 is 6.22. The summed E-state index contributed by atoms with van der Waals surface area (Å²) in [5.74, 6) is 1.23. The smallest absolute Gasteiger partial charge is 0.164 e. The van der Waals surface area contributed by atoms with Crippen LogP contribution in [-0.4, -0.2) is 23.9 Å². The van der Waals surface area contributed by atoms with Crippen LogP contribution in [0.2, 0.25) is 0 Å². The van der Waals surface area contributed by atoms with E-state index in [4.69, 9.17) is 0 Å². The standard InChI is InChI=1S/C14H17N5S/c1-4-11-17-12(9(2)3)13-14(18-11)19(8-15-13)7-10-5-6-16-20-10/h5-6,8-9H,4,7H2,1-3H3. The first-order chi connectivity index (χ1) is 9.69. The second-order valence-electron chi connectivity index (χ2n) is 5.06. The summed E-state index contributed by atoms with van der Waals surface area (Å²) in [5.41, 5.74) is 2.88. The van der Waals surface area contributed by atoms with Gasteiger partial charge in [0.2, 0.25) is 0 Å². The van der Waals surface area contributed by atoms with E-state index in [1.165, 1.54) is 16.4 Å². The highest BCUT2D eigenvalue weighted by molar-refractivity contribution is 7.05. The quantitative estimate of drug-likeness (QED) is 0.740. The van der Waals surface area contributed by atoms with Crippen molar-refractivity contribution in [1.29, 1.82) is 0 Å². The summed E-state index contributed by atoms with van der Waals surface area (Å²) in [7, 11) is 0. The van der Waals surface area contributed by atoms with Gasteiger partial charge in [-0.1, -0.05) is 20.8 Å². The zero-order chi connectivity index (χ0) is 14.1. The van der Waals surface area contributed by atoms with Crippen molar-refractivity contribution in [3.8, 4) is 0 Å². The number of aromatic nitrogens is 5. The summed E-state index contributed by atoms with van der Waals surface area (Å²) in [4.78, 5) is 15.0. The predicted molar refractivity (Wildman–Crippen MR) is 80.0 cm³/mol. The first-order valence-electron chi connectivity index (χ1n) is 6.80. The summed E-state index contributed by atoms with van der Waals surface area (Å²) in [6.07, 6.45) is 4.51. The average Bonchev–Trinajstić information content (AvgIpc) is 3.08. The molecule has 0 aliphatic carbocycles. The van der Waals surface area contributed by atoms with Gasteiger partial charge in [0, 0.05) is 17.5 Å². The minimum absolute atomic E-state index is 0.345. The highest BCUT2D eigenvalue weighted by Crippen LogP contribution is 2.22. The van der Waals surface area contributed by atoms with Crippen molar-refractivity contribution in [3.05, 3.63) is 35.0 Å². The normalized spacial score (nSPS) is 11.6. The number of hydrogen-bond donors (Lipinski definition) is 0. The van der Waals surface area contributed by atoms with Crippen LogP contribution >= 0.6 is 11.5 Å². The Morgan fingerprint density at radius 2 is 2.15 bits per heavy atom. The number of aryl methyl sites for hydroxylation is 1. The van der Waals surface area contributed by atoms with Crippen LogP contribution in [0.1, 0.15) is 43.1 Å². The molecule has 0 unspecified atom stereocenters. The molecule has 20 heavy (non-hydrogen) atoms. The maximum absolute atomic E-state index is 4.65. The molecule has 0 aromatic carbocycles. The Kier molecular flexibility index (Phi) is 3.48. The first kappa shape index (κ1) is 13.2. The minimum Gasteiger partial charge on any atom is -0.310 e. The SMILES string of the molecule is CCc1nc(C(C)C)c2ncn(Cc3ccns3)c2n1. The molecular weight excluding hydrogens is 270 g/mol. The summed E-state index contributed by atoms with van der Waals surface area (Å²) in [5, 5.41) is 0. The molecule has 0 bridgehead atoms. The highest BCUT2D eigenvalue weighted by atomic mass is 32.1. The van der Waals surface area contributed by atoms with Gasteiger partial charge in [-0.25, -0.2) is 19.3 Å². The van der Waals surface area contributed by atoms with Crippen molar-refractivity contribution in [2.75, 3.05) is 0 Å². The number of hydrogen-bond acceptors (Lipinski definition) is 5. The van der Waals surface area contributed by atoms with Gasteiger partial charge in [0.1, 0.15) is 11.3 Å². The van der Waals surface area contributed by atoms with E-state index in [0.29, 0.717) is 5.92 Å². The summed E-state index contributed by atoms with van der Waals surface area (Å²) in [6, 6.07) is 2.03. The van der Waals surface area contributed by atoms with Crippen LogP contribution in [-0.2, 0) is 13.0 Å². The van der Waals surface area contributed by atoms with Gasteiger partial charge in [-0.15, -0.1) is 0 Å². The van der Waals surface area contributed by atoms with Crippen LogP contribution in [0.4, 0.5) is 0 Å². The van der Waals surface area contributed by atoms with E-state index in [2.05, 4.69) is 44.7 Å². The molecule has 0 aliphatic heterocycles. The van der Waals surface area contributed by atoms with Gasteiger partial charge in [0.25, 0.3) is 0 Å². The Hall–Kier alpha value is -1.82. The number of rotatable bonds is 4. The topological polar surface area (TPSA) is 56.5 Å². The van der Waals surface area contributed by atoms with Gasteiger partial charge in [0.05, 0.1) is 18.6 Å². The van der Waals surface area contributed by atoms with Crippen LogP contribution < -0.4 is 0 Å². The van der Waals surface area contributed by atoms with Crippen LogP contribution in [0.5, 0.6) is 0 Å². The molecule has 3 rings (SSSR count). The van der Waals surface area contributed by atoms with E-state index in [-0.39, 0.29) is 0 Å². The van der Waals surface area contributed by atoms with Gasteiger partial charge in [-0.2, -0.15) is 0 Å². The fraction of sp³-hybridized carbons (Fsp3) is 0.429. The average molecular weight is 287 g/mol. The zero-order valence-electron chi connectivity index (χ0n) is 11.9. The molecule has 6 heteroatoms. The Balaban J connectivity index is 2.12. The first-order valence-corrected chi connectivity index (χ1v) is 7.57. The lowest BCUT2D eigenvalue weighted by Gasteiger charge is -2.08. The van der Waals surface area contributed by atoms with Crippen molar-refractivity contribution in [2.45, 2.75) is 39.7 Å². The summed E-state index contributed by atoms with van der Waals surface area (Å²) in [6.45, 7) is 7.13. The minimum atomic E-state index is 0.345. The van der Waals surface area contributed by atoms with E-state index in [9.17, 15) is 0 Å². The molecule has 0 saturated heterocycles. The van der Waals surface area contributed by atoms with Crippen molar-refractivity contribution in [2.24, 2.45) is 0 Å². The largest absolute Gasteiger partial charge is 0.310 e. The van der Waals surface area contributed by atoms with Crippen molar-refractivity contribution in [1.82, 2.24) is 23.9 Å². The third kappa shape index (κ3) is 2.31. The second-order valence-corrected chi connectivity index (χ2v) is 5.97. The summed E-state index contributed by atoms with van der Waals surface area (Å²) >= 11 is 1.51. The molecule has 3 heterocycles. The molecule has 104 valence electrons. The van der Waals surface area contributed by atoms with Gasteiger partial charge in [0.15, 0.2) is 5.65 Å². The van der Waals surface area contributed by atoms with E-state index in [1.54, 1.807) is 0 Å². The van der Waals surface area contributed by atoms with Crippen LogP contribution in [0.25, 0.3) is 11.2 Å². The zero-order valence-corrected chi connectivity index (χ0v) is 12.7. The lowest BCUT2D eigenvalue weighted by atomic mass is 10.1. The van der Waals surface area contributed by atoms with Gasteiger partial charge < -0.3 is 4.57 Å². The number of imidazole rings is 1. The molecule has 3 aromatic heterocycles. The molecule has 0 saturated carbocycles.